The first-order chi connectivity index (χ1) is 10.8. The van der Waals surface area contributed by atoms with E-state index in [2.05, 4.69) is 10.0 Å². The zero-order chi connectivity index (χ0) is 17.5. The van der Waals surface area contributed by atoms with Crippen molar-refractivity contribution < 1.29 is 27.4 Å². The molecule has 23 heavy (non-hydrogen) atoms. The zero-order valence-corrected chi connectivity index (χ0v) is 14.4. The lowest BCUT2D eigenvalue weighted by Crippen LogP contribution is -2.35. The van der Waals surface area contributed by atoms with Crippen LogP contribution in [0.3, 0.4) is 0 Å². The van der Waals surface area contributed by atoms with E-state index >= 15 is 0 Å². The lowest BCUT2D eigenvalue weighted by atomic mass is 10.3. The first kappa shape index (κ1) is 19.2. The molecule has 1 aromatic carbocycles. The van der Waals surface area contributed by atoms with E-state index in [1.165, 1.54) is 32.4 Å². The number of anilines is 1. The van der Waals surface area contributed by atoms with E-state index in [1.54, 1.807) is 13.8 Å². The Morgan fingerprint density at radius 2 is 2.00 bits per heavy atom. The van der Waals surface area contributed by atoms with E-state index in [0.717, 1.165) is 0 Å². The molecule has 0 bridgehead atoms. The highest BCUT2D eigenvalue weighted by molar-refractivity contribution is 7.89. The van der Waals surface area contributed by atoms with Gasteiger partial charge in [-0.3, -0.25) is 5.32 Å². The maximum atomic E-state index is 12.3. The minimum Gasteiger partial charge on any atom is -0.495 e. The van der Waals surface area contributed by atoms with Gasteiger partial charge in [0.05, 0.1) is 30.9 Å². The SMILES string of the molecule is CCOC(=O)Nc1cc(S(=O)(=O)N[C@@H](C)COC)ccc1OC. The highest BCUT2D eigenvalue weighted by atomic mass is 32.2. The summed E-state index contributed by atoms with van der Waals surface area (Å²) in [6.45, 7) is 3.78. The van der Waals surface area contributed by atoms with Crippen LogP contribution < -0.4 is 14.8 Å². The molecular weight excluding hydrogens is 324 g/mol. The molecule has 0 saturated carbocycles. The lowest BCUT2D eigenvalue weighted by molar-refractivity contribution is 0.168. The van der Waals surface area contributed by atoms with Gasteiger partial charge in [-0.05, 0) is 32.0 Å². The molecule has 0 aliphatic heterocycles. The van der Waals surface area contributed by atoms with E-state index in [0.29, 0.717) is 5.75 Å². The summed E-state index contributed by atoms with van der Waals surface area (Å²) in [6, 6.07) is 3.75. The number of methoxy groups -OCH3 is 2. The Balaban J connectivity index is 3.06. The van der Waals surface area contributed by atoms with Gasteiger partial charge in [0.25, 0.3) is 0 Å². The molecular formula is C14H22N2O6S. The largest absolute Gasteiger partial charge is 0.495 e. The molecule has 0 aliphatic carbocycles. The summed E-state index contributed by atoms with van der Waals surface area (Å²) in [5.41, 5.74) is 0.202. The number of benzene rings is 1. The van der Waals surface area contributed by atoms with Crippen molar-refractivity contribution in [2.24, 2.45) is 0 Å². The van der Waals surface area contributed by atoms with Crippen LogP contribution in [-0.2, 0) is 19.5 Å². The molecule has 0 fully saturated rings. The molecule has 1 rings (SSSR count). The highest BCUT2D eigenvalue weighted by Gasteiger charge is 2.20. The van der Waals surface area contributed by atoms with E-state index in [-0.39, 0.29) is 23.8 Å². The molecule has 1 amide bonds. The number of carbonyl (C=O) groups is 1. The Morgan fingerprint density at radius 3 is 2.57 bits per heavy atom. The van der Waals surface area contributed by atoms with Gasteiger partial charge >= 0.3 is 6.09 Å². The summed E-state index contributed by atoms with van der Waals surface area (Å²) in [5, 5.41) is 2.45. The van der Waals surface area contributed by atoms with Crippen LogP contribution in [0.5, 0.6) is 5.75 Å². The fourth-order valence-corrected chi connectivity index (χ4v) is 3.10. The van der Waals surface area contributed by atoms with Gasteiger partial charge in [-0.1, -0.05) is 0 Å². The third kappa shape index (κ3) is 5.70. The second-order valence-electron chi connectivity index (χ2n) is 4.69. The van der Waals surface area contributed by atoms with Crippen molar-refractivity contribution in [2.75, 3.05) is 32.8 Å². The van der Waals surface area contributed by atoms with Gasteiger partial charge in [-0.2, -0.15) is 0 Å². The fraction of sp³-hybridized carbons (Fsp3) is 0.500. The van der Waals surface area contributed by atoms with Gasteiger partial charge in [0.1, 0.15) is 5.75 Å². The molecule has 0 unspecified atom stereocenters. The number of hydrogen-bond donors (Lipinski definition) is 2. The van der Waals surface area contributed by atoms with Crippen LogP contribution >= 0.6 is 0 Å². The Kier molecular flexibility index (Phi) is 7.27. The molecule has 8 nitrogen and oxygen atoms in total. The Hall–Kier alpha value is -1.84. The Labute approximate surface area is 136 Å². The van der Waals surface area contributed by atoms with E-state index in [9.17, 15) is 13.2 Å². The summed E-state index contributed by atoms with van der Waals surface area (Å²) in [5.74, 6) is 0.321. The number of hydrogen-bond acceptors (Lipinski definition) is 6. The van der Waals surface area contributed by atoms with Gasteiger partial charge < -0.3 is 14.2 Å². The number of carbonyl (C=O) groups excluding carboxylic acids is 1. The van der Waals surface area contributed by atoms with Crippen LogP contribution in [0, 0.1) is 0 Å². The molecule has 0 saturated heterocycles. The first-order valence-electron chi connectivity index (χ1n) is 6.97. The highest BCUT2D eigenvalue weighted by Crippen LogP contribution is 2.27. The molecule has 0 heterocycles. The van der Waals surface area contributed by atoms with E-state index in [4.69, 9.17) is 14.2 Å². The van der Waals surface area contributed by atoms with Crippen LogP contribution in [0.25, 0.3) is 0 Å². The van der Waals surface area contributed by atoms with Gasteiger partial charge in [-0.25, -0.2) is 17.9 Å². The summed E-state index contributed by atoms with van der Waals surface area (Å²) >= 11 is 0. The molecule has 0 aliphatic rings. The summed E-state index contributed by atoms with van der Waals surface area (Å²) in [7, 11) is -0.854. The monoisotopic (exact) mass is 346 g/mol. The summed E-state index contributed by atoms with van der Waals surface area (Å²) < 4.78 is 41.9. The molecule has 2 N–H and O–H groups in total. The van der Waals surface area contributed by atoms with Crippen LogP contribution in [0.2, 0.25) is 0 Å². The number of sulfonamides is 1. The van der Waals surface area contributed by atoms with Crippen molar-refractivity contribution in [2.45, 2.75) is 24.8 Å². The van der Waals surface area contributed by atoms with Crippen molar-refractivity contribution in [3.05, 3.63) is 18.2 Å². The molecule has 0 spiro atoms. The Bertz CT molecular complexity index is 632. The van der Waals surface area contributed by atoms with Crippen LogP contribution in [-0.4, -0.2) is 48.0 Å². The topological polar surface area (TPSA) is 103 Å². The van der Waals surface area contributed by atoms with Crippen molar-refractivity contribution >= 4 is 21.8 Å². The second kappa shape index (κ2) is 8.70. The molecule has 9 heteroatoms. The molecule has 130 valence electrons. The van der Waals surface area contributed by atoms with E-state index in [1.807, 2.05) is 0 Å². The minimum atomic E-state index is -3.75. The van der Waals surface area contributed by atoms with Gasteiger partial charge in [0, 0.05) is 13.2 Å². The maximum absolute atomic E-state index is 12.3. The van der Waals surface area contributed by atoms with Crippen molar-refractivity contribution in [1.29, 1.82) is 0 Å². The Morgan fingerprint density at radius 1 is 1.30 bits per heavy atom. The molecule has 0 radical (unpaired) electrons. The summed E-state index contributed by atoms with van der Waals surface area (Å²) in [6.07, 6.45) is -0.693. The lowest BCUT2D eigenvalue weighted by Gasteiger charge is -2.15. The average molecular weight is 346 g/mol. The number of ether oxygens (including phenoxy) is 3. The van der Waals surface area contributed by atoms with Crippen LogP contribution in [0.1, 0.15) is 13.8 Å². The zero-order valence-electron chi connectivity index (χ0n) is 13.6. The van der Waals surface area contributed by atoms with E-state index < -0.39 is 22.2 Å². The third-order valence-electron chi connectivity index (χ3n) is 2.77. The molecule has 1 aromatic rings. The first-order valence-corrected chi connectivity index (χ1v) is 8.45. The van der Waals surface area contributed by atoms with Gasteiger partial charge in [0.2, 0.25) is 10.0 Å². The summed E-state index contributed by atoms with van der Waals surface area (Å²) in [4.78, 5) is 11.5. The number of nitrogens with one attached hydrogen (secondary N) is 2. The van der Waals surface area contributed by atoms with Crippen LogP contribution in [0.15, 0.2) is 23.1 Å². The van der Waals surface area contributed by atoms with Gasteiger partial charge in [0.15, 0.2) is 0 Å². The minimum absolute atomic E-state index is 0.00643. The normalized spacial score (nSPS) is 12.5. The maximum Gasteiger partial charge on any atom is 0.411 e. The fourth-order valence-electron chi connectivity index (χ4n) is 1.85. The third-order valence-corrected chi connectivity index (χ3v) is 4.35. The van der Waals surface area contributed by atoms with Crippen molar-refractivity contribution in [1.82, 2.24) is 4.72 Å². The van der Waals surface area contributed by atoms with Gasteiger partial charge in [-0.15, -0.1) is 0 Å². The molecule has 1 atom stereocenters. The predicted octanol–water partition coefficient (Wildman–Crippen LogP) is 1.58. The van der Waals surface area contributed by atoms with Crippen LogP contribution in [0.4, 0.5) is 10.5 Å². The quantitative estimate of drug-likeness (QED) is 0.741. The number of rotatable bonds is 8. The average Bonchev–Trinajstić information content (AvgIpc) is 2.47. The van der Waals surface area contributed by atoms with Crippen molar-refractivity contribution in [3.8, 4) is 5.75 Å². The smallest absolute Gasteiger partial charge is 0.411 e. The standard InChI is InChI=1S/C14H22N2O6S/c1-5-22-14(17)15-12-8-11(6-7-13(12)21-4)23(18,19)16-10(2)9-20-3/h6-8,10,16H,5,9H2,1-4H3,(H,15,17)/t10-/m0/s1. The van der Waals surface area contributed by atoms with Crippen molar-refractivity contribution in [3.63, 3.8) is 0 Å². The molecule has 0 aromatic heterocycles. The predicted molar refractivity (Wildman–Crippen MR) is 85.3 cm³/mol. The number of amides is 1. The second-order valence-corrected chi connectivity index (χ2v) is 6.40.